The van der Waals surface area contributed by atoms with E-state index in [-0.39, 0.29) is 0 Å². The van der Waals surface area contributed by atoms with Gasteiger partial charge in [0.1, 0.15) is 5.69 Å². The Balaban J connectivity index is 2.34. The molecule has 0 spiro atoms. The van der Waals surface area contributed by atoms with E-state index >= 15 is 0 Å². The molecule has 0 saturated heterocycles. The van der Waals surface area contributed by atoms with Gasteiger partial charge in [-0.3, -0.25) is 5.32 Å². The molecule has 1 aromatic heterocycles. The van der Waals surface area contributed by atoms with Crippen molar-refractivity contribution in [3.63, 3.8) is 0 Å². The van der Waals surface area contributed by atoms with Crippen molar-refractivity contribution >= 4 is 22.2 Å². The minimum absolute atomic E-state index is 1.29. The van der Waals surface area contributed by atoms with E-state index in [9.17, 15) is 0 Å². The Kier molecular flexibility index (Phi) is 1.14. The molecule has 2 nitrogen and oxygen atoms in total. The number of rotatable bonds is 0. The summed E-state index contributed by atoms with van der Waals surface area (Å²) in [6.07, 6.45) is 1.95. The Hall–Kier alpha value is -1.19. The van der Waals surface area contributed by atoms with Crippen molar-refractivity contribution in [1.82, 2.24) is 4.37 Å². The first-order valence-electron chi connectivity index (χ1n) is 3.84. The summed E-state index contributed by atoms with van der Waals surface area (Å²) in [5.41, 5.74) is 3.93. The summed E-state index contributed by atoms with van der Waals surface area (Å²) in [6.45, 7) is 0. The van der Waals surface area contributed by atoms with Crippen LogP contribution in [0.4, 0.5) is 10.7 Å². The van der Waals surface area contributed by atoms with E-state index in [0.717, 1.165) is 0 Å². The number of para-hydroxylation sites is 1. The minimum atomic E-state index is 1.29. The molecule has 2 N–H and O–H groups in total. The molecule has 0 fully saturated rings. The summed E-state index contributed by atoms with van der Waals surface area (Å²) >= 11 is 1.56. The fraction of sp³-hybridized carbons (Fsp3) is 0. The fourth-order valence-electron chi connectivity index (χ4n) is 1.56. The number of hydrogen-bond donors (Lipinski definition) is 1. The SMILES string of the molecule is c1ccc2c(c1)[NH2+]c1sncc1-2. The van der Waals surface area contributed by atoms with Crippen LogP contribution in [0.1, 0.15) is 0 Å². The summed E-state index contributed by atoms with van der Waals surface area (Å²) in [7, 11) is 0. The summed E-state index contributed by atoms with van der Waals surface area (Å²) in [6, 6.07) is 8.42. The van der Waals surface area contributed by atoms with Crippen molar-refractivity contribution < 1.29 is 5.32 Å². The van der Waals surface area contributed by atoms with E-state index in [4.69, 9.17) is 0 Å². The third-order valence-corrected chi connectivity index (χ3v) is 2.88. The topological polar surface area (TPSA) is 29.5 Å². The Morgan fingerprint density at radius 2 is 2.08 bits per heavy atom. The van der Waals surface area contributed by atoms with Gasteiger partial charge in [-0.05, 0) is 6.07 Å². The van der Waals surface area contributed by atoms with E-state index in [1.54, 1.807) is 11.5 Å². The molecule has 0 unspecified atom stereocenters. The molecule has 3 rings (SSSR count). The lowest BCUT2D eigenvalue weighted by Gasteiger charge is -1.91. The lowest BCUT2D eigenvalue weighted by atomic mass is 10.1. The molecule has 0 radical (unpaired) electrons. The van der Waals surface area contributed by atoms with Crippen LogP contribution < -0.4 is 5.32 Å². The van der Waals surface area contributed by atoms with Gasteiger partial charge in [-0.15, -0.1) is 0 Å². The van der Waals surface area contributed by atoms with Crippen LogP contribution in [0.5, 0.6) is 0 Å². The van der Waals surface area contributed by atoms with Crippen LogP contribution in [0.3, 0.4) is 0 Å². The van der Waals surface area contributed by atoms with Gasteiger partial charge in [0.15, 0.2) is 0 Å². The molecule has 0 atom stereocenters. The number of nitrogens with two attached hydrogens (primary N) is 1. The van der Waals surface area contributed by atoms with Crippen LogP contribution in [-0.4, -0.2) is 4.37 Å². The Morgan fingerprint density at radius 1 is 1.17 bits per heavy atom. The highest BCUT2D eigenvalue weighted by Crippen LogP contribution is 2.36. The number of benzene rings is 1. The second-order valence-corrected chi connectivity index (χ2v) is 3.67. The number of fused-ring (bicyclic) bond motifs is 3. The molecule has 1 aliphatic rings. The van der Waals surface area contributed by atoms with E-state index in [2.05, 4.69) is 34.0 Å². The first-order chi connectivity index (χ1) is 5.95. The molecule has 1 aromatic carbocycles. The van der Waals surface area contributed by atoms with Gasteiger partial charge in [0.25, 0.3) is 0 Å². The first kappa shape index (κ1) is 6.34. The average molecular weight is 175 g/mol. The fourth-order valence-corrected chi connectivity index (χ4v) is 2.28. The van der Waals surface area contributed by atoms with Crippen molar-refractivity contribution in [2.45, 2.75) is 0 Å². The zero-order valence-electron chi connectivity index (χ0n) is 6.32. The summed E-state index contributed by atoms with van der Waals surface area (Å²) in [5, 5.41) is 3.48. The van der Waals surface area contributed by atoms with Gasteiger partial charge >= 0.3 is 0 Å². The second kappa shape index (κ2) is 2.15. The van der Waals surface area contributed by atoms with Crippen molar-refractivity contribution in [2.24, 2.45) is 0 Å². The van der Waals surface area contributed by atoms with E-state index in [0.29, 0.717) is 0 Å². The van der Waals surface area contributed by atoms with Crippen LogP contribution >= 0.6 is 11.5 Å². The normalized spacial score (nSPS) is 12.7. The van der Waals surface area contributed by atoms with Crippen molar-refractivity contribution in [3.8, 4) is 11.1 Å². The van der Waals surface area contributed by atoms with Crippen LogP contribution in [0.2, 0.25) is 0 Å². The van der Waals surface area contributed by atoms with Gasteiger partial charge in [0.2, 0.25) is 5.00 Å². The minimum Gasteiger partial charge on any atom is -0.270 e. The maximum Gasteiger partial charge on any atom is 0.217 e. The van der Waals surface area contributed by atoms with Crippen molar-refractivity contribution in [1.29, 1.82) is 0 Å². The molecule has 12 heavy (non-hydrogen) atoms. The van der Waals surface area contributed by atoms with E-state index in [1.165, 1.54) is 21.8 Å². The lowest BCUT2D eigenvalue weighted by molar-refractivity contribution is -0.468. The average Bonchev–Trinajstić information content (AvgIpc) is 2.62. The predicted octanol–water partition coefficient (Wildman–Crippen LogP) is 1.65. The van der Waals surface area contributed by atoms with Crippen LogP contribution in [0.25, 0.3) is 11.1 Å². The predicted molar refractivity (Wildman–Crippen MR) is 48.8 cm³/mol. The largest absolute Gasteiger partial charge is 0.270 e. The standard InChI is InChI=1S/C9H6N2S/c1-2-4-8-6(3-1)7-5-10-12-9(7)11-8/h1-5,11H/p+1. The molecule has 0 saturated carbocycles. The van der Waals surface area contributed by atoms with Crippen LogP contribution in [0.15, 0.2) is 30.5 Å². The zero-order chi connectivity index (χ0) is 7.97. The molecule has 0 bridgehead atoms. The highest BCUT2D eigenvalue weighted by atomic mass is 32.1. The molecule has 2 heterocycles. The van der Waals surface area contributed by atoms with Crippen LogP contribution in [-0.2, 0) is 0 Å². The molecular formula is C9H7N2S+. The first-order valence-corrected chi connectivity index (χ1v) is 4.61. The van der Waals surface area contributed by atoms with Crippen LogP contribution in [0, 0.1) is 0 Å². The monoisotopic (exact) mass is 175 g/mol. The number of quaternary nitrogens is 1. The Bertz CT molecular complexity index is 434. The third kappa shape index (κ3) is 0.695. The van der Waals surface area contributed by atoms with Gasteiger partial charge in [0.05, 0.1) is 17.3 Å². The van der Waals surface area contributed by atoms with Gasteiger partial charge in [-0.2, -0.15) is 4.37 Å². The lowest BCUT2D eigenvalue weighted by Crippen LogP contribution is -2.68. The molecular weight excluding hydrogens is 168 g/mol. The number of nitrogens with zero attached hydrogens (tertiary/aromatic N) is 1. The van der Waals surface area contributed by atoms with Gasteiger partial charge in [-0.1, -0.05) is 12.1 Å². The molecule has 0 aliphatic carbocycles. The molecule has 58 valence electrons. The van der Waals surface area contributed by atoms with Gasteiger partial charge < -0.3 is 0 Å². The molecule has 1 aliphatic heterocycles. The van der Waals surface area contributed by atoms with Gasteiger partial charge in [-0.25, -0.2) is 0 Å². The van der Waals surface area contributed by atoms with Crippen molar-refractivity contribution in [3.05, 3.63) is 30.5 Å². The second-order valence-electron chi connectivity index (χ2n) is 2.84. The van der Waals surface area contributed by atoms with E-state index < -0.39 is 0 Å². The summed E-state index contributed by atoms with van der Waals surface area (Å²) in [4.78, 5) is 0. The molecule has 0 amide bonds. The quantitative estimate of drug-likeness (QED) is 0.517. The van der Waals surface area contributed by atoms with Crippen molar-refractivity contribution in [2.75, 3.05) is 0 Å². The third-order valence-electron chi connectivity index (χ3n) is 2.14. The Morgan fingerprint density at radius 3 is 3.08 bits per heavy atom. The molecule has 3 heteroatoms. The summed E-state index contributed by atoms with van der Waals surface area (Å²) < 4.78 is 4.15. The number of hydrogen-bond acceptors (Lipinski definition) is 2. The maximum absolute atomic E-state index is 4.15. The maximum atomic E-state index is 4.15. The van der Waals surface area contributed by atoms with Gasteiger partial charge in [0, 0.05) is 17.6 Å². The smallest absolute Gasteiger partial charge is 0.217 e. The zero-order valence-corrected chi connectivity index (χ0v) is 7.14. The van der Waals surface area contributed by atoms with E-state index in [1.807, 2.05) is 6.20 Å². The summed E-state index contributed by atoms with van der Waals surface area (Å²) in [5.74, 6) is 0. The molecule has 2 aromatic rings. The highest BCUT2D eigenvalue weighted by molar-refractivity contribution is 7.09. The number of aromatic nitrogens is 1. The highest BCUT2D eigenvalue weighted by Gasteiger charge is 2.24. The Labute approximate surface area is 74.0 Å².